The first-order chi connectivity index (χ1) is 4.31. The highest BCUT2D eigenvalue weighted by atomic mass is 16.1. The number of rotatable bonds is 3. The fraction of sp³-hybridized carbons (Fsp3) is 0.333. The van der Waals surface area contributed by atoms with Crippen molar-refractivity contribution in [1.82, 2.24) is 5.32 Å². The van der Waals surface area contributed by atoms with Gasteiger partial charge in [-0.3, -0.25) is 9.79 Å². The van der Waals surface area contributed by atoms with Crippen LogP contribution in [0.4, 0.5) is 0 Å². The zero-order valence-electron chi connectivity index (χ0n) is 5.42. The molecule has 50 valence electrons. The topological polar surface area (TPSA) is 41.5 Å². The van der Waals surface area contributed by atoms with E-state index in [0.717, 1.165) is 0 Å². The van der Waals surface area contributed by atoms with Gasteiger partial charge in [0.25, 0.3) is 0 Å². The van der Waals surface area contributed by atoms with E-state index in [2.05, 4.69) is 17.0 Å². The average Bonchev–Trinajstić information content (AvgIpc) is 1.89. The van der Waals surface area contributed by atoms with Gasteiger partial charge in [0.05, 0.1) is 0 Å². The van der Waals surface area contributed by atoms with E-state index in [4.69, 9.17) is 0 Å². The highest BCUT2D eigenvalue weighted by Gasteiger charge is 1.88. The zero-order chi connectivity index (χ0) is 7.11. The Morgan fingerprint density at radius 3 is 3.00 bits per heavy atom. The normalized spacial score (nSPS) is 9.44. The summed E-state index contributed by atoms with van der Waals surface area (Å²) >= 11 is 0. The molecule has 0 heterocycles. The standard InChI is InChI=1S/C6H10N2O/c1-7-5-3-4-6(9)8-2/h3,5H,1,4H2,2H3,(H,8,9)/b5-3-. The molecule has 3 nitrogen and oxygen atoms in total. The predicted octanol–water partition coefficient (Wildman–Crippen LogP) is 0.337. The van der Waals surface area contributed by atoms with Gasteiger partial charge >= 0.3 is 0 Å². The van der Waals surface area contributed by atoms with Crippen molar-refractivity contribution in [3.05, 3.63) is 12.3 Å². The van der Waals surface area contributed by atoms with Gasteiger partial charge in [0.1, 0.15) is 0 Å². The smallest absolute Gasteiger partial charge is 0.223 e. The van der Waals surface area contributed by atoms with Gasteiger partial charge in [-0.05, 0) is 6.72 Å². The molecule has 0 aliphatic rings. The minimum absolute atomic E-state index is 0.0186. The molecule has 0 aliphatic heterocycles. The quantitative estimate of drug-likeness (QED) is 0.544. The van der Waals surface area contributed by atoms with Crippen molar-refractivity contribution in [3.63, 3.8) is 0 Å². The number of hydrogen-bond acceptors (Lipinski definition) is 2. The van der Waals surface area contributed by atoms with Gasteiger partial charge in [0.15, 0.2) is 0 Å². The molecule has 0 saturated carbocycles. The molecule has 0 radical (unpaired) electrons. The fourth-order valence-corrected chi connectivity index (χ4v) is 0.336. The van der Waals surface area contributed by atoms with Crippen LogP contribution in [0.25, 0.3) is 0 Å². The molecule has 0 saturated heterocycles. The highest BCUT2D eigenvalue weighted by molar-refractivity contribution is 5.76. The molecule has 0 fully saturated rings. The van der Waals surface area contributed by atoms with Crippen molar-refractivity contribution in [2.24, 2.45) is 4.99 Å². The lowest BCUT2D eigenvalue weighted by Gasteiger charge is -1.89. The van der Waals surface area contributed by atoms with Crippen LogP contribution in [0.2, 0.25) is 0 Å². The summed E-state index contributed by atoms with van der Waals surface area (Å²) in [6, 6.07) is 0. The van der Waals surface area contributed by atoms with Crippen molar-refractivity contribution in [2.45, 2.75) is 6.42 Å². The Morgan fingerprint density at radius 1 is 1.89 bits per heavy atom. The zero-order valence-corrected chi connectivity index (χ0v) is 5.42. The van der Waals surface area contributed by atoms with Gasteiger partial charge in [0, 0.05) is 19.7 Å². The van der Waals surface area contributed by atoms with E-state index in [0.29, 0.717) is 6.42 Å². The van der Waals surface area contributed by atoms with E-state index in [1.54, 1.807) is 13.1 Å². The molecular weight excluding hydrogens is 116 g/mol. The second kappa shape index (κ2) is 5.03. The molecule has 0 unspecified atom stereocenters. The van der Waals surface area contributed by atoms with Crippen molar-refractivity contribution in [1.29, 1.82) is 0 Å². The Hall–Kier alpha value is -1.12. The average molecular weight is 126 g/mol. The Morgan fingerprint density at radius 2 is 2.56 bits per heavy atom. The van der Waals surface area contributed by atoms with Crippen LogP contribution in [0, 0.1) is 0 Å². The number of aliphatic imine (C=N–C) groups is 1. The van der Waals surface area contributed by atoms with Gasteiger partial charge in [-0.2, -0.15) is 0 Å². The van der Waals surface area contributed by atoms with Gasteiger partial charge in [-0.1, -0.05) is 6.08 Å². The van der Waals surface area contributed by atoms with Gasteiger partial charge in [-0.25, -0.2) is 0 Å². The van der Waals surface area contributed by atoms with Crippen molar-refractivity contribution < 1.29 is 4.79 Å². The van der Waals surface area contributed by atoms with E-state index in [1.807, 2.05) is 0 Å². The molecule has 0 aromatic heterocycles. The number of carbonyl (C=O) groups excluding carboxylic acids is 1. The molecule has 3 heteroatoms. The molecule has 9 heavy (non-hydrogen) atoms. The summed E-state index contributed by atoms with van der Waals surface area (Å²) in [6.07, 6.45) is 3.51. The van der Waals surface area contributed by atoms with E-state index in [9.17, 15) is 4.79 Å². The highest BCUT2D eigenvalue weighted by Crippen LogP contribution is 1.81. The first-order valence-corrected chi connectivity index (χ1v) is 2.62. The molecule has 0 rings (SSSR count). The fourth-order valence-electron chi connectivity index (χ4n) is 0.336. The van der Waals surface area contributed by atoms with E-state index in [-0.39, 0.29) is 5.91 Å². The predicted molar refractivity (Wildman–Crippen MR) is 37.4 cm³/mol. The number of nitrogens with one attached hydrogen (secondary N) is 1. The van der Waals surface area contributed by atoms with Gasteiger partial charge < -0.3 is 5.32 Å². The van der Waals surface area contributed by atoms with Crippen LogP contribution in [0.15, 0.2) is 17.3 Å². The molecule has 0 atom stereocenters. The number of carbonyl (C=O) groups is 1. The summed E-state index contributed by atoms with van der Waals surface area (Å²) in [5, 5.41) is 2.47. The van der Waals surface area contributed by atoms with Crippen LogP contribution in [-0.2, 0) is 4.79 Å². The second-order valence-corrected chi connectivity index (χ2v) is 1.44. The third-order valence-electron chi connectivity index (χ3n) is 0.793. The van der Waals surface area contributed by atoms with Crippen molar-refractivity contribution >= 4 is 12.6 Å². The second-order valence-electron chi connectivity index (χ2n) is 1.44. The Kier molecular flexibility index (Phi) is 4.40. The minimum Gasteiger partial charge on any atom is -0.359 e. The van der Waals surface area contributed by atoms with Crippen LogP contribution < -0.4 is 5.32 Å². The monoisotopic (exact) mass is 126 g/mol. The molecule has 0 aliphatic carbocycles. The lowest BCUT2D eigenvalue weighted by molar-refractivity contribution is -0.119. The lowest BCUT2D eigenvalue weighted by atomic mass is 10.4. The molecule has 0 spiro atoms. The molecule has 1 N–H and O–H groups in total. The van der Waals surface area contributed by atoms with E-state index >= 15 is 0 Å². The third kappa shape index (κ3) is 4.74. The Balaban J connectivity index is 3.37. The maximum atomic E-state index is 10.5. The molecule has 0 aromatic carbocycles. The summed E-state index contributed by atoms with van der Waals surface area (Å²) in [7, 11) is 1.59. The van der Waals surface area contributed by atoms with Gasteiger partial charge in [0.2, 0.25) is 5.91 Å². The van der Waals surface area contributed by atoms with Crippen molar-refractivity contribution in [2.75, 3.05) is 7.05 Å². The van der Waals surface area contributed by atoms with Crippen LogP contribution in [0.3, 0.4) is 0 Å². The first kappa shape index (κ1) is 7.88. The lowest BCUT2D eigenvalue weighted by Crippen LogP contribution is -2.15. The molecule has 1 amide bonds. The molecular formula is C6H10N2O. The molecule has 0 aromatic rings. The van der Waals surface area contributed by atoms with Crippen LogP contribution in [0.5, 0.6) is 0 Å². The number of nitrogens with zero attached hydrogens (tertiary/aromatic N) is 1. The van der Waals surface area contributed by atoms with Crippen molar-refractivity contribution in [3.8, 4) is 0 Å². The number of amides is 1. The summed E-state index contributed by atoms with van der Waals surface area (Å²) < 4.78 is 0. The summed E-state index contributed by atoms with van der Waals surface area (Å²) in [5.41, 5.74) is 0. The van der Waals surface area contributed by atoms with E-state index < -0.39 is 0 Å². The first-order valence-electron chi connectivity index (χ1n) is 2.62. The van der Waals surface area contributed by atoms with Gasteiger partial charge in [-0.15, -0.1) is 0 Å². The van der Waals surface area contributed by atoms with E-state index in [1.165, 1.54) is 6.20 Å². The number of hydrogen-bond donors (Lipinski definition) is 1. The van der Waals surface area contributed by atoms with Crippen LogP contribution >= 0.6 is 0 Å². The Labute approximate surface area is 54.5 Å². The SMILES string of the molecule is C=N/C=C\CC(=O)NC. The summed E-state index contributed by atoms with van der Waals surface area (Å²) in [5.74, 6) is -0.0186. The summed E-state index contributed by atoms with van der Waals surface area (Å²) in [4.78, 5) is 13.9. The largest absolute Gasteiger partial charge is 0.359 e. The Bertz CT molecular complexity index is 129. The van der Waals surface area contributed by atoms with Crippen LogP contribution in [0.1, 0.15) is 6.42 Å². The van der Waals surface area contributed by atoms with Crippen LogP contribution in [-0.4, -0.2) is 19.7 Å². The maximum absolute atomic E-state index is 10.5. The third-order valence-corrected chi connectivity index (χ3v) is 0.793. The summed E-state index contributed by atoms with van der Waals surface area (Å²) in [6.45, 7) is 3.21. The maximum Gasteiger partial charge on any atom is 0.223 e. The minimum atomic E-state index is -0.0186. The molecule has 0 bridgehead atoms.